The van der Waals surface area contributed by atoms with E-state index in [0.29, 0.717) is 3.58 Å². The molecule has 0 aromatic heterocycles. The van der Waals surface area contributed by atoms with Gasteiger partial charge in [0.15, 0.2) is 0 Å². The second-order valence-electron chi connectivity index (χ2n) is 6.97. The molecule has 1 heterocycles. The monoisotopic (exact) mass is 524 g/mol. The third-order valence-electron chi connectivity index (χ3n) is 5.05. The number of halogens is 10. The first-order valence-electron chi connectivity index (χ1n) is 8.37. The van der Waals surface area contributed by atoms with Gasteiger partial charge in [-0.3, -0.25) is 0 Å². The summed E-state index contributed by atoms with van der Waals surface area (Å²) >= 11 is 1.92. The molecule has 2 aliphatic rings. The molecule has 1 aliphatic heterocycles. The van der Waals surface area contributed by atoms with E-state index in [1.54, 1.807) is 0 Å². The minimum atomic E-state index is -6.84. The standard InChI is InChI=1S/C16H18F9IO/c17-13(18,14(19,20)15(21,22)16(23,24)25)6-10-7-27-8-11(10)12(26)9-4-2-1-3-5-9/h10-11H,1-8H2. The Morgan fingerprint density at radius 3 is 1.93 bits per heavy atom. The molecule has 2 unspecified atom stereocenters. The average molecular weight is 524 g/mol. The third kappa shape index (κ3) is 4.37. The predicted octanol–water partition coefficient (Wildman–Crippen LogP) is 6.76. The van der Waals surface area contributed by atoms with Gasteiger partial charge < -0.3 is 4.74 Å². The van der Waals surface area contributed by atoms with E-state index in [9.17, 15) is 39.5 Å². The molecular weight excluding hydrogens is 506 g/mol. The first-order chi connectivity index (χ1) is 12.2. The Kier molecular flexibility index (Phi) is 6.76. The number of alkyl halides is 9. The number of hydrogen-bond donors (Lipinski definition) is 0. The normalized spacial score (nSPS) is 25.8. The maximum atomic E-state index is 14.0. The van der Waals surface area contributed by atoms with Crippen LogP contribution in [0.2, 0.25) is 0 Å². The molecule has 0 aromatic carbocycles. The maximum absolute atomic E-state index is 14.0. The summed E-state index contributed by atoms with van der Waals surface area (Å²) in [7, 11) is 0. The number of ether oxygens (including phenoxy) is 1. The van der Waals surface area contributed by atoms with Crippen LogP contribution in [-0.4, -0.2) is 37.2 Å². The van der Waals surface area contributed by atoms with E-state index in [1.165, 1.54) is 0 Å². The number of allylic oxidation sites excluding steroid dienone is 1. The molecule has 0 aromatic rings. The minimum Gasteiger partial charge on any atom is -0.380 e. The highest BCUT2D eigenvalue weighted by Crippen LogP contribution is 2.55. The zero-order valence-corrected chi connectivity index (χ0v) is 16.2. The van der Waals surface area contributed by atoms with Gasteiger partial charge in [0.05, 0.1) is 13.2 Å². The van der Waals surface area contributed by atoms with Gasteiger partial charge in [-0.15, -0.1) is 0 Å². The van der Waals surface area contributed by atoms with Crippen molar-refractivity contribution in [1.29, 1.82) is 0 Å². The lowest BCUT2D eigenvalue weighted by atomic mass is 9.84. The summed E-state index contributed by atoms with van der Waals surface area (Å²) in [4.78, 5) is 0. The summed E-state index contributed by atoms with van der Waals surface area (Å²) in [6, 6.07) is 0. The second kappa shape index (κ2) is 7.91. The summed E-state index contributed by atoms with van der Waals surface area (Å²) in [5, 5.41) is 0. The summed E-state index contributed by atoms with van der Waals surface area (Å²) in [6.45, 7) is -0.447. The average Bonchev–Trinajstić information content (AvgIpc) is 3.01. The fourth-order valence-electron chi connectivity index (χ4n) is 3.42. The van der Waals surface area contributed by atoms with Crippen LogP contribution in [0.5, 0.6) is 0 Å². The summed E-state index contributed by atoms with van der Waals surface area (Å²) in [6.07, 6.45) is -4.35. The molecular formula is C16H18F9IO. The van der Waals surface area contributed by atoms with Crippen LogP contribution in [-0.2, 0) is 4.74 Å². The van der Waals surface area contributed by atoms with Crippen LogP contribution in [0.3, 0.4) is 0 Å². The molecule has 0 radical (unpaired) electrons. The van der Waals surface area contributed by atoms with Gasteiger partial charge in [-0.05, 0) is 57.8 Å². The molecule has 11 heteroatoms. The molecule has 158 valence electrons. The molecule has 1 aliphatic carbocycles. The maximum Gasteiger partial charge on any atom is 0.460 e. The molecule has 1 nitrogen and oxygen atoms in total. The molecule has 27 heavy (non-hydrogen) atoms. The van der Waals surface area contributed by atoms with E-state index in [2.05, 4.69) is 0 Å². The van der Waals surface area contributed by atoms with Gasteiger partial charge in [-0.1, -0.05) is 12.0 Å². The Bertz CT molecular complexity index is 563. The molecule has 0 N–H and O–H groups in total. The Morgan fingerprint density at radius 1 is 0.852 bits per heavy atom. The van der Waals surface area contributed by atoms with Crippen LogP contribution in [0.15, 0.2) is 9.15 Å². The van der Waals surface area contributed by atoms with Crippen molar-refractivity contribution in [2.45, 2.75) is 62.5 Å². The molecule has 1 saturated carbocycles. The number of rotatable bonds is 5. The van der Waals surface area contributed by atoms with Crippen molar-refractivity contribution in [2.75, 3.05) is 13.2 Å². The molecule has 1 saturated heterocycles. The van der Waals surface area contributed by atoms with Gasteiger partial charge in [0.25, 0.3) is 0 Å². The van der Waals surface area contributed by atoms with Gasteiger partial charge in [0.2, 0.25) is 0 Å². The van der Waals surface area contributed by atoms with Crippen molar-refractivity contribution in [2.24, 2.45) is 11.8 Å². The second-order valence-corrected chi connectivity index (χ2v) is 8.13. The summed E-state index contributed by atoms with van der Waals surface area (Å²) in [5.41, 5.74) is 0.984. The van der Waals surface area contributed by atoms with Crippen LogP contribution < -0.4 is 0 Å². The molecule has 2 fully saturated rings. The lowest BCUT2D eigenvalue weighted by molar-refractivity contribution is -0.397. The molecule has 0 spiro atoms. The highest BCUT2D eigenvalue weighted by atomic mass is 127. The SMILES string of the molecule is FC(F)(F)C(F)(F)C(F)(F)C(F)(F)CC1COCC1C(I)=C1CCCCC1. The van der Waals surface area contributed by atoms with Crippen molar-refractivity contribution in [3.8, 4) is 0 Å². The lowest BCUT2D eigenvalue weighted by Crippen LogP contribution is -2.61. The van der Waals surface area contributed by atoms with Crippen LogP contribution in [0.4, 0.5) is 39.5 Å². The topological polar surface area (TPSA) is 9.23 Å². The Morgan fingerprint density at radius 2 is 1.41 bits per heavy atom. The predicted molar refractivity (Wildman–Crippen MR) is 87.4 cm³/mol. The molecule has 2 atom stereocenters. The molecule has 0 bridgehead atoms. The highest BCUT2D eigenvalue weighted by Gasteiger charge is 2.81. The van der Waals surface area contributed by atoms with Crippen molar-refractivity contribution in [1.82, 2.24) is 0 Å². The highest BCUT2D eigenvalue weighted by molar-refractivity contribution is 14.1. The minimum absolute atomic E-state index is 0.0518. The van der Waals surface area contributed by atoms with Crippen molar-refractivity contribution in [3.05, 3.63) is 9.15 Å². The van der Waals surface area contributed by atoms with E-state index in [0.717, 1.165) is 37.7 Å². The van der Waals surface area contributed by atoms with Gasteiger partial charge in [0, 0.05) is 12.3 Å². The van der Waals surface area contributed by atoms with Gasteiger partial charge in [-0.25, -0.2) is 0 Å². The Labute approximate surface area is 163 Å². The molecule has 2 rings (SSSR count). The fourth-order valence-corrected chi connectivity index (χ4v) is 4.65. The Balaban J connectivity index is 2.23. The molecule has 0 amide bonds. The lowest BCUT2D eigenvalue weighted by Gasteiger charge is -2.35. The van der Waals surface area contributed by atoms with Crippen LogP contribution in [0, 0.1) is 11.8 Å². The van der Waals surface area contributed by atoms with Gasteiger partial charge in [0.1, 0.15) is 0 Å². The van der Waals surface area contributed by atoms with Crippen molar-refractivity contribution >= 4 is 22.6 Å². The van der Waals surface area contributed by atoms with Crippen molar-refractivity contribution in [3.63, 3.8) is 0 Å². The number of hydrogen-bond acceptors (Lipinski definition) is 1. The quantitative estimate of drug-likeness (QED) is 0.286. The van der Waals surface area contributed by atoms with Crippen LogP contribution in [0.1, 0.15) is 38.5 Å². The van der Waals surface area contributed by atoms with Gasteiger partial charge in [-0.2, -0.15) is 39.5 Å². The van der Waals surface area contributed by atoms with Crippen LogP contribution >= 0.6 is 22.6 Å². The van der Waals surface area contributed by atoms with E-state index >= 15 is 0 Å². The van der Waals surface area contributed by atoms with E-state index < -0.39 is 48.8 Å². The Hall–Kier alpha value is -0.200. The van der Waals surface area contributed by atoms with Crippen molar-refractivity contribution < 1.29 is 44.3 Å². The van der Waals surface area contributed by atoms with E-state index in [-0.39, 0.29) is 6.61 Å². The first-order valence-corrected chi connectivity index (χ1v) is 9.45. The fraction of sp³-hybridized carbons (Fsp3) is 0.875. The summed E-state index contributed by atoms with van der Waals surface area (Å²) in [5.74, 6) is -20.9. The summed E-state index contributed by atoms with van der Waals surface area (Å²) < 4.78 is 123. The van der Waals surface area contributed by atoms with Gasteiger partial charge >= 0.3 is 23.9 Å². The van der Waals surface area contributed by atoms with E-state index in [1.807, 2.05) is 22.6 Å². The van der Waals surface area contributed by atoms with Crippen LogP contribution in [0.25, 0.3) is 0 Å². The zero-order chi connectivity index (χ0) is 20.7. The third-order valence-corrected chi connectivity index (χ3v) is 6.61. The first kappa shape index (κ1) is 23.1. The largest absolute Gasteiger partial charge is 0.460 e. The smallest absolute Gasteiger partial charge is 0.380 e. The zero-order valence-electron chi connectivity index (χ0n) is 14.0. The van der Waals surface area contributed by atoms with E-state index in [4.69, 9.17) is 4.74 Å².